The van der Waals surface area contributed by atoms with E-state index >= 15 is 0 Å². The van der Waals surface area contributed by atoms with Crippen LogP contribution < -0.4 is 10.6 Å². The average Bonchev–Trinajstić information content (AvgIpc) is 2.47. The fourth-order valence-electron chi connectivity index (χ4n) is 2.02. The van der Waals surface area contributed by atoms with Crippen molar-refractivity contribution in [1.82, 2.24) is 5.32 Å². The number of thioether (sulfide) groups is 1. The molecule has 0 spiro atoms. The molecule has 0 saturated carbocycles. The summed E-state index contributed by atoms with van der Waals surface area (Å²) < 4.78 is 5.35. The highest BCUT2D eigenvalue weighted by molar-refractivity contribution is 7.99. The number of carbonyl (C=O) groups excluding carboxylic acids is 1. The first-order chi connectivity index (χ1) is 9.79. The normalized spacial score (nSPS) is 18.5. The lowest BCUT2D eigenvalue weighted by atomic mass is 10.2. The maximum Gasteiger partial charge on any atom is 0.226 e. The smallest absolute Gasteiger partial charge is 0.226 e. The van der Waals surface area contributed by atoms with E-state index in [1.807, 2.05) is 30.3 Å². The predicted octanol–water partition coefficient (Wildman–Crippen LogP) is 2.28. The largest absolute Gasteiger partial charge is 0.378 e. The Balaban J connectivity index is 1.91. The zero-order valence-corrected chi connectivity index (χ0v) is 12.2. The van der Waals surface area contributed by atoms with E-state index in [9.17, 15) is 4.79 Å². The van der Waals surface area contributed by atoms with Gasteiger partial charge in [-0.25, -0.2) is 0 Å². The molecule has 1 atom stereocenters. The minimum Gasteiger partial charge on any atom is -0.378 e. The monoisotopic (exact) mass is 292 g/mol. The van der Waals surface area contributed by atoms with E-state index in [-0.39, 0.29) is 11.9 Å². The predicted molar refractivity (Wildman–Crippen MR) is 83.2 cm³/mol. The van der Waals surface area contributed by atoms with Crippen molar-refractivity contribution < 1.29 is 9.53 Å². The zero-order valence-electron chi connectivity index (χ0n) is 11.4. The number of amides is 1. The lowest BCUT2D eigenvalue weighted by Crippen LogP contribution is -2.43. The zero-order chi connectivity index (χ0) is 14.2. The summed E-state index contributed by atoms with van der Waals surface area (Å²) in [5.41, 5.74) is 0.862. The van der Waals surface area contributed by atoms with E-state index in [1.165, 1.54) is 0 Å². The Morgan fingerprint density at radius 1 is 1.55 bits per heavy atom. The molecule has 0 radical (unpaired) electrons. The summed E-state index contributed by atoms with van der Waals surface area (Å²) in [7, 11) is 0. The number of anilines is 1. The summed E-state index contributed by atoms with van der Waals surface area (Å²) in [5, 5.41) is 6.26. The molecule has 4 nitrogen and oxygen atoms in total. The molecule has 1 aromatic rings. The Labute approximate surface area is 124 Å². The molecule has 1 heterocycles. The van der Waals surface area contributed by atoms with E-state index < -0.39 is 0 Å². The molecule has 5 heteroatoms. The van der Waals surface area contributed by atoms with Gasteiger partial charge in [0.15, 0.2) is 0 Å². The van der Waals surface area contributed by atoms with Crippen molar-refractivity contribution in [3.05, 3.63) is 36.9 Å². The number of benzene rings is 1. The summed E-state index contributed by atoms with van der Waals surface area (Å²) in [6.07, 6.45) is 2.28. The number of para-hydroxylation sites is 1. The quantitative estimate of drug-likeness (QED) is 0.624. The van der Waals surface area contributed by atoms with Crippen LogP contribution in [0.3, 0.4) is 0 Å². The molecule has 2 N–H and O–H groups in total. The number of hydrogen-bond donors (Lipinski definition) is 2. The fraction of sp³-hybridized carbons (Fsp3) is 0.400. The van der Waals surface area contributed by atoms with Crippen molar-refractivity contribution in [2.75, 3.05) is 30.8 Å². The van der Waals surface area contributed by atoms with Crippen molar-refractivity contribution in [3.63, 3.8) is 0 Å². The molecule has 1 saturated heterocycles. The molecular formula is C15H20N2O2S. The van der Waals surface area contributed by atoms with Gasteiger partial charge in [-0.3, -0.25) is 4.79 Å². The number of rotatable bonds is 6. The second-order valence-electron chi connectivity index (χ2n) is 4.57. The second-order valence-corrected chi connectivity index (χ2v) is 5.64. The van der Waals surface area contributed by atoms with E-state index in [2.05, 4.69) is 17.2 Å². The van der Waals surface area contributed by atoms with Crippen LogP contribution in [0.15, 0.2) is 41.8 Å². The van der Waals surface area contributed by atoms with Crippen molar-refractivity contribution in [2.24, 2.45) is 0 Å². The Hall–Kier alpha value is -1.30. The van der Waals surface area contributed by atoms with Crippen molar-refractivity contribution in [3.8, 4) is 0 Å². The van der Waals surface area contributed by atoms with Gasteiger partial charge < -0.3 is 15.4 Å². The van der Waals surface area contributed by atoms with Gasteiger partial charge in [-0.05, 0) is 12.1 Å². The third kappa shape index (κ3) is 4.67. The lowest BCUT2D eigenvalue weighted by Gasteiger charge is -2.23. The third-order valence-corrected chi connectivity index (χ3v) is 4.02. The summed E-state index contributed by atoms with van der Waals surface area (Å²) in [5.74, 6) is 0.838. The second kappa shape index (κ2) is 8.09. The molecule has 1 aliphatic rings. The van der Waals surface area contributed by atoms with Gasteiger partial charge in [0.05, 0.1) is 18.9 Å². The summed E-state index contributed by atoms with van der Waals surface area (Å²) in [6, 6.07) is 7.93. The van der Waals surface area contributed by atoms with Gasteiger partial charge in [0.2, 0.25) is 5.91 Å². The molecule has 0 aliphatic carbocycles. The Morgan fingerprint density at radius 3 is 3.15 bits per heavy atom. The number of hydrogen-bond acceptors (Lipinski definition) is 4. The van der Waals surface area contributed by atoms with Crippen LogP contribution in [0.4, 0.5) is 5.69 Å². The molecule has 108 valence electrons. The molecule has 0 aromatic heterocycles. The molecule has 1 amide bonds. The van der Waals surface area contributed by atoms with E-state index in [4.69, 9.17) is 4.74 Å². The van der Waals surface area contributed by atoms with Gasteiger partial charge in [0.1, 0.15) is 0 Å². The van der Waals surface area contributed by atoms with Gasteiger partial charge in [-0.2, -0.15) is 0 Å². The number of ether oxygens (including phenoxy) is 1. The first kappa shape index (κ1) is 15.1. The van der Waals surface area contributed by atoms with Crippen LogP contribution in [0.2, 0.25) is 0 Å². The van der Waals surface area contributed by atoms with Crippen LogP contribution in [0.25, 0.3) is 0 Å². The highest BCUT2D eigenvalue weighted by Gasteiger charge is 2.17. The van der Waals surface area contributed by atoms with Crippen LogP contribution >= 0.6 is 11.8 Å². The molecule has 20 heavy (non-hydrogen) atoms. The Kier molecular flexibility index (Phi) is 6.11. The van der Waals surface area contributed by atoms with Crippen LogP contribution in [0.5, 0.6) is 0 Å². The van der Waals surface area contributed by atoms with Crippen LogP contribution in [0.1, 0.15) is 6.42 Å². The highest BCUT2D eigenvalue weighted by atomic mass is 32.2. The van der Waals surface area contributed by atoms with Crippen LogP contribution in [0, 0.1) is 0 Å². The molecule has 2 rings (SSSR count). The molecule has 1 unspecified atom stereocenters. The van der Waals surface area contributed by atoms with Gasteiger partial charge in [-0.15, -0.1) is 18.3 Å². The van der Waals surface area contributed by atoms with Gasteiger partial charge in [0, 0.05) is 29.7 Å². The van der Waals surface area contributed by atoms with E-state index in [0.29, 0.717) is 13.0 Å². The average molecular weight is 292 g/mol. The highest BCUT2D eigenvalue weighted by Crippen LogP contribution is 2.27. The summed E-state index contributed by atoms with van der Waals surface area (Å²) in [6.45, 7) is 5.84. The molecular weight excluding hydrogens is 272 g/mol. The molecule has 1 aromatic carbocycles. The van der Waals surface area contributed by atoms with E-state index in [1.54, 1.807) is 11.8 Å². The topological polar surface area (TPSA) is 50.4 Å². The number of carbonyl (C=O) groups is 1. The Morgan fingerprint density at radius 2 is 2.40 bits per heavy atom. The first-order valence-corrected chi connectivity index (χ1v) is 7.72. The van der Waals surface area contributed by atoms with Crippen LogP contribution in [-0.2, 0) is 9.53 Å². The fourth-order valence-corrected chi connectivity index (χ4v) is 2.77. The lowest BCUT2D eigenvalue weighted by molar-refractivity contribution is -0.117. The summed E-state index contributed by atoms with van der Waals surface area (Å²) >= 11 is 1.66. The van der Waals surface area contributed by atoms with Crippen molar-refractivity contribution >= 4 is 23.4 Å². The summed E-state index contributed by atoms with van der Waals surface area (Å²) in [4.78, 5) is 13.1. The van der Waals surface area contributed by atoms with Crippen LogP contribution in [-0.4, -0.2) is 37.5 Å². The van der Waals surface area contributed by atoms with Gasteiger partial charge in [0.25, 0.3) is 0 Å². The minimum atomic E-state index is 0.0136. The van der Waals surface area contributed by atoms with Crippen molar-refractivity contribution in [2.45, 2.75) is 17.4 Å². The van der Waals surface area contributed by atoms with E-state index in [0.717, 1.165) is 29.5 Å². The van der Waals surface area contributed by atoms with Gasteiger partial charge in [-0.1, -0.05) is 18.2 Å². The Bertz CT molecular complexity index is 459. The standard InChI is InChI=1S/C15H20N2O2S/c1-2-9-20-14-6-4-3-5-13(14)17-15(18)10-12-11-19-8-7-16-12/h2-6,12,16H,1,7-11H2,(H,17,18). The van der Waals surface area contributed by atoms with Crippen molar-refractivity contribution in [1.29, 1.82) is 0 Å². The number of nitrogens with one attached hydrogen (secondary N) is 2. The third-order valence-electron chi connectivity index (χ3n) is 2.95. The molecule has 1 fully saturated rings. The molecule has 1 aliphatic heterocycles. The number of morpholine rings is 1. The molecule has 0 bridgehead atoms. The maximum absolute atomic E-state index is 12.1. The SMILES string of the molecule is C=CCSc1ccccc1NC(=O)CC1COCCN1. The minimum absolute atomic E-state index is 0.0136. The first-order valence-electron chi connectivity index (χ1n) is 6.73. The maximum atomic E-state index is 12.1. The van der Waals surface area contributed by atoms with Gasteiger partial charge >= 0.3 is 0 Å².